The highest BCUT2D eigenvalue weighted by atomic mass is 19.1. The van der Waals surface area contributed by atoms with Gasteiger partial charge in [-0.15, -0.1) is 0 Å². The molecule has 1 aliphatic rings. The van der Waals surface area contributed by atoms with E-state index in [0.717, 1.165) is 44.7 Å². The summed E-state index contributed by atoms with van der Waals surface area (Å²) in [6, 6.07) is 21.1. The average Bonchev–Trinajstić information content (AvgIpc) is 3.10. The van der Waals surface area contributed by atoms with Crippen LogP contribution in [0.25, 0.3) is 16.6 Å². The highest BCUT2D eigenvalue weighted by Gasteiger charge is 2.23. The Kier molecular flexibility index (Phi) is 5.87. The number of benzene rings is 3. The molecule has 1 aromatic heterocycles. The standard InChI is InChI=1S/C28H24FN3O2/c1-3-19(14-30)28-22-10-8-18(12-20(22)16-34-26-13-21(29)9-11-23(26)28)15-32-25-7-5-4-6-24(25)31-27(32)17-33-2/h4-13H,3,15-17H2,1-2H3/b28-19+. The predicted molar refractivity (Wildman–Crippen MR) is 129 cm³/mol. The number of nitrogens with zero attached hydrogens (tertiary/aromatic N) is 3. The number of nitriles is 1. The first-order chi connectivity index (χ1) is 16.6. The van der Waals surface area contributed by atoms with Crippen molar-refractivity contribution in [3.05, 3.63) is 100 Å². The second kappa shape index (κ2) is 9.12. The topological polar surface area (TPSA) is 60.1 Å². The molecule has 4 aromatic rings. The van der Waals surface area contributed by atoms with E-state index < -0.39 is 0 Å². The second-order valence-corrected chi connectivity index (χ2v) is 8.28. The summed E-state index contributed by atoms with van der Waals surface area (Å²) in [6.45, 7) is 3.28. The Morgan fingerprint density at radius 1 is 1.15 bits per heavy atom. The fourth-order valence-electron chi connectivity index (χ4n) is 4.59. The van der Waals surface area contributed by atoms with Crippen molar-refractivity contribution in [1.82, 2.24) is 9.55 Å². The van der Waals surface area contributed by atoms with Crippen molar-refractivity contribution in [1.29, 1.82) is 5.26 Å². The number of fused-ring (bicyclic) bond motifs is 3. The van der Waals surface area contributed by atoms with Crippen LogP contribution in [-0.4, -0.2) is 16.7 Å². The first-order valence-electron chi connectivity index (χ1n) is 11.2. The number of aromatic nitrogens is 2. The minimum absolute atomic E-state index is 0.293. The number of imidazole rings is 1. The molecule has 1 aliphatic heterocycles. The van der Waals surface area contributed by atoms with Crippen molar-refractivity contribution in [3.8, 4) is 11.8 Å². The molecule has 0 aliphatic carbocycles. The second-order valence-electron chi connectivity index (χ2n) is 8.28. The van der Waals surface area contributed by atoms with Crippen molar-refractivity contribution in [3.63, 3.8) is 0 Å². The summed E-state index contributed by atoms with van der Waals surface area (Å²) in [7, 11) is 1.66. The van der Waals surface area contributed by atoms with Gasteiger partial charge in [-0.3, -0.25) is 0 Å². The number of methoxy groups -OCH3 is 1. The average molecular weight is 454 g/mol. The van der Waals surface area contributed by atoms with Crippen LogP contribution in [-0.2, 0) is 24.5 Å². The Balaban J connectivity index is 1.61. The third-order valence-corrected chi connectivity index (χ3v) is 6.17. The number of rotatable bonds is 5. The highest BCUT2D eigenvalue weighted by molar-refractivity contribution is 5.88. The predicted octanol–water partition coefficient (Wildman–Crippen LogP) is 6.00. The summed E-state index contributed by atoms with van der Waals surface area (Å²) in [5, 5.41) is 9.84. The molecule has 0 bridgehead atoms. The van der Waals surface area contributed by atoms with E-state index in [4.69, 9.17) is 14.5 Å². The van der Waals surface area contributed by atoms with E-state index in [1.165, 1.54) is 12.1 Å². The first kappa shape index (κ1) is 21.9. The molecular formula is C28H24FN3O2. The van der Waals surface area contributed by atoms with E-state index >= 15 is 0 Å². The highest BCUT2D eigenvalue weighted by Crippen LogP contribution is 2.40. The molecule has 0 saturated carbocycles. The maximum Gasteiger partial charge on any atom is 0.136 e. The number of allylic oxidation sites excluding steroid dienone is 1. The van der Waals surface area contributed by atoms with Gasteiger partial charge in [-0.2, -0.15) is 5.26 Å². The van der Waals surface area contributed by atoms with Gasteiger partial charge in [0, 0.05) is 36.4 Å². The Labute approximate surface area is 197 Å². The fourth-order valence-corrected chi connectivity index (χ4v) is 4.59. The van der Waals surface area contributed by atoms with Gasteiger partial charge in [0.2, 0.25) is 0 Å². The molecule has 0 atom stereocenters. The van der Waals surface area contributed by atoms with Gasteiger partial charge in [0.05, 0.1) is 17.1 Å². The summed E-state index contributed by atoms with van der Waals surface area (Å²) in [5.41, 5.74) is 7.16. The van der Waals surface area contributed by atoms with Gasteiger partial charge in [0.15, 0.2) is 0 Å². The van der Waals surface area contributed by atoms with Crippen LogP contribution < -0.4 is 4.74 Å². The molecule has 0 N–H and O–H groups in total. The van der Waals surface area contributed by atoms with Crippen molar-refractivity contribution in [2.45, 2.75) is 33.1 Å². The van der Waals surface area contributed by atoms with E-state index in [0.29, 0.717) is 37.5 Å². The minimum Gasteiger partial charge on any atom is -0.488 e. The van der Waals surface area contributed by atoms with E-state index in [-0.39, 0.29) is 5.82 Å². The largest absolute Gasteiger partial charge is 0.488 e. The van der Waals surface area contributed by atoms with Gasteiger partial charge in [0.1, 0.15) is 30.6 Å². The fraction of sp³-hybridized carbons (Fsp3) is 0.214. The molecule has 34 heavy (non-hydrogen) atoms. The molecule has 170 valence electrons. The summed E-state index contributed by atoms with van der Waals surface area (Å²) in [4.78, 5) is 4.73. The molecule has 0 amide bonds. The van der Waals surface area contributed by atoms with Crippen LogP contribution in [0.2, 0.25) is 0 Å². The number of hydrogen-bond donors (Lipinski definition) is 0. The van der Waals surface area contributed by atoms with Crippen molar-refractivity contribution in [2.75, 3.05) is 7.11 Å². The first-order valence-corrected chi connectivity index (χ1v) is 11.2. The Morgan fingerprint density at radius 3 is 2.76 bits per heavy atom. The molecule has 2 heterocycles. The summed E-state index contributed by atoms with van der Waals surface area (Å²) < 4.78 is 27.5. The lowest BCUT2D eigenvalue weighted by atomic mass is 9.89. The number of halogens is 1. The van der Waals surface area contributed by atoms with Crippen LogP contribution in [0.1, 0.15) is 41.4 Å². The molecule has 5 nitrogen and oxygen atoms in total. The van der Waals surface area contributed by atoms with E-state index in [9.17, 15) is 9.65 Å². The third-order valence-electron chi connectivity index (χ3n) is 6.17. The number of para-hydroxylation sites is 2. The van der Waals surface area contributed by atoms with E-state index in [1.54, 1.807) is 13.2 Å². The van der Waals surface area contributed by atoms with Gasteiger partial charge >= 0.3 is 0 Å². The number of hydrogen-bond acceptors (Lipinski definition) is 4. The zero-order valence-electron chi connectivity index (χ0n) is 19.1. The lowest BCUT2D eigenvalue weighted by Crippen LogP contribution is -2.07. The van der Waals surface area contributed by atoms with Crippen LogP contribution in [0.3, 0.4) is 0 Å². The minimum atomic E-state index is -0.364. The molecule has 0 spiro atoms. The van der Waals surface area contributed by atoms with Crippen molar-refractivity contribution < 1.29 is 13.9 Å². The normalized spacial score (nSPS) is 14.1. The van der Waals surface area contributed by atoms with Gasteiger partial charge in [-0.25, -0.2) is 9.37 Å². The van der Waals surface area contributed by atoms with E-state index in [2.05, 4.69) is 28.8 Å². The molecular weight excluding hydrogens is 429 g/mol. The van der Waals surface area contributed by atoms with E-state index in [1.807, 2.05) is 31.2 Å². The molecule has 0 unspecified atom stereocenters. The quantitative estimate of drug-likeness (QED) is 0.348. The smallest absolute Gasteiger partial charge is 0.136 e. The van der Waals surface area contributed by atoms with Crippen LogP contribution in [0, 0.1) is 17.1 Å². The summed E-state index contributed by atoms with van der Waals surface area (Å²) in [5.74, 6) is 0.949. The number of ether oxygens (including phenoxy) is 2. The molecule has 0 fully saturated rings. The molecule has 6 heteroatoms. The Bertz CT molecular complexity index is 1460. The Hall–Kier alpha value is -3.95. The lowest BCUT2D eigenvalue weighted by Gasteiger charge is -2.15. The SMILES string of the molecule is CC/C(C#N)=C1/c2ccc(Cn3c(COC)nc4ccccc43)cc2COc2cc(F)ccc21. The van der Waals surface area contributed by atoms with Gasteiger partial charge < -0.3 is 14.0 Å². The molecule has 0 radical (unpaired) electrons. The van der Waals surface area contributed by atoms with Crippen LogP contribution in [0.15, 0.2) is 66.2 Å². The zero-order chi connectivity index (χ0) is 23.7. The van der Waals surface area contributed by atoms with Crippen molar-refractivity contribution in [2.24, 2.45) is 0 Å². The lowest BCUT2D eigenvalue weighted by molar-refractivity contribution is 0.175. The molecule has 5 rings (SSSR count). The summed E-state index contributed by atoms with van der Waals surface area (Å²) >= 11 is 0. The van der Waals surface area contributed by atoms with Crippen LogP contribution in [0.4, 0.5) is 4.39 Å². The van der Waals surface area contributed by atoms with Gasteiger partial charge in [-0.05, 0) is 53.4 Å². The molecule has 0 saturated heterocycles. The Morgan fingerprint density at radius 2 is 1.97 bits per heavy atom. The maximum absolute atomic E-state index is 14.0. The van der Waals surface area contributed by atoms with Crippen molar-refractivity contribution >= 4 is 16.6 Å². The third kappa shape index (κ3) is 3.85. The maximum atomic E-state index is 14.0. The van der Waals surface area contributed by atoms with Crippen LogP contribution >= 0.6 is 0 Å². The molecule has 3 aromatic carbocycles. The summed E-state index contributed by atoms with van der Waals surface area (Å²) in [6.07, 6.45) is 0.575. The zero-order valence-corrected chi connectivity index (χ0v) is 19.1. The van der Waals surface area contributed by atoms with Crippen LogP contribution in [0.5, 0.6) is 5.75 Å². The monoisotopic (exact) mass is 453 g/mol. The van der Waals surface area contributed by atoms with Gasteiger partial charge in [0.25, 0.3) is 0 Å². The van der Waals surface area contributed by atoms with Gasteiger partial charge in [-0.1, -0.05) is 31.2 Å².